The largest absolute Gasteiger partial charge is 0.369 e. The summed E-state index contributed by atoms with van der Waals surface area (Å²) in [4.78, 5) is 17.8. The smallest absolute Gasteiger partial charge is 0.224 e. The van der Waals surface area contributed by atoms with Crippen LogP contribution in [0.2, 0.25) is 0 Å². The molecule has 1 saturated heterocycles. The SMILES string of the molecule is CC(N)C(c1ccncc1)N1CCC(C)(C(N)=O)C1. The summed E-state index contributed by atoms with van der Waals surface area (Å²) in [6.45, 7) is 5.43. The molecule has 19 heavy (non-hydrogen) atoms. The Kier molecular flexibility index (Phi) is 3.87. The van der Waals surface area contributed by atoms with Crippen molar-refractivity contribution in [3.8, 4) is 0 Å². The molecule has 0 bridgehead atoms. The van der Waals surface area contributed by atoms with Crippen LogP contribution in [0.15, 0.2) is 24.5 Å². The van der Waals surface area contributed by atoms with Gasteiger partial charge >= 0.3 is 0 Å². The third-order valence-corrected chi connectivity index (χ3v) is 4.04. The van der Waals surface area contributed by atoms with E-state index in [9.17, 15) is 4.79 Å². The Bertz CT molecular complexity index is 448. The molecule has 4 N–H and O–H groups in total. The quantitative estimate of drug-likeness (QED) is 0.835. The van der Waals surface area contributed by atoms with Gasteiger partial charge < -0.3 is 11.5 Å². The first kappa shape index (κ1) is 14.0. The molecule has 0 aliphatic carbocycles. The predicted octanol–water partition coefficient (Wildman–Crippen LogP) is 0.667. The molecule has 1 aromatic rings. The molecule has 0 saturated carbocycles. The van der Waals surface area contributed by atoms with Gasteiger partial charge in [0.1, 0.15) is 0 Å². The zero-order valence-electron chi connectivity index (χ0n) is 11.5. The lowest BCUT2D eigenvalue weighted by molar-refractivity contribution is -0.126. The molecule has 1 aliphatic rings. The molecule has 104 valence electrons. The molecule has 2 heterocycles. The van der Waals surface area contributed by atoms with Crippen LogP contribution in [-0.2, 0) is 4.79 Å². The van der Waals surface area contributed by atoms with Gasteiger partial charge in [-0.2, -0.15) is 0 Å². The summed E-state index contributed by atoms with van der Waals surface area (Å²) in [7, 11) is 0. The van der Waals surface area contributed by atoms with Crippen molar-refractivity contribution in [2.75, 3.05) is 13.1 Å². The van der Waals surface area contributed by atoms with Crippen molar-refractivity contribution in [2.45, 2.75) is 32.4 Å². The zero-order valence-corrected chi connectivity index (χ0v) is 11.5. The summed E-state index contributed by atoms with van der Waals surface area (Å²) in [5.41, 5.74) is 12.3. The van der Waals surface area contributed by atoms with E-state index in [4.69, 9.17) is 11.5 Å². The van der Waals surface area contributed by atoms with E-state index in [-0.39, 0.29) is 18.0 Å². The molecule has 1 aliphatic heterocycles. The maximum absolute atomic E-state index is 11.6. The number of likely N-dealkylation sites (tertiary alicyclic amines) is 1. The van der Waals surface area contributed by atoms with E-state index in [1.807, 2.05) is 26.0 Å². The lowest BCUT2D eigenvalue weighted by atomic mass is 9.89. The van der Waals surface area contributed by atoms with Crippen molar-refractivity contribution in [3.63, 3.8) is 0 Å². The number of carbonyl (C=O) groups excluding carboxylic acids is 1. The second kappa shape index (κ2) is 5.27. The molecular weight excluding hydrogens is 240 g/mol. The third kappa shape index (κ3) is 2.77. The molecule has 0 radical (unpaired) electrons. The van der Waals surface area contributed by atoms with Crippen LogP contribution in [0.1, 0.15) is 31.9 Å². The van der Waals surface area contributed by atoms with Crippen LogP contribution < -0.4 is 11.5 Å². The van der Waals surface area contributed by atoms with Crippen LogP contribution in [-0.4, -0.2) is 34.9 Å². The van der Waals surface area contributed by atoms with Crippen LogP contribution in [0.3, 0.4) is 0 Å². The Labute approximate surface area is 114 Å². The fourth-order valence-corrected chi connectivity index (χ4v) is 2.84. The molecule has 0 spiro atoms. The summed E-state index contributed by atoms with van der Waals surface area (Å²) in [6, 6.07) is 4.05. The molecule has 0 aromatic carbocycles. The highest BCUT2D eigenvalue weighted by Crippen LogP contribution is 2.35. The number of nitrogens with zero attached hydrogens (tertiary/aromatic N) is 2. The Balaban J connectivity index is 2.21. The number of carbonyl (C=O) groups is 1. The summed E-state index contributed by atoms with van der Waals surface area (Å²) >= 11 is 0. The average Bonchev–Trinajstić information content (AvgIpc) is 2.74. The standard InChI is InChI=1S/C14H22N4O/c1-10(15)12(11-3-6-17-7-4-11)18-8-5-14(2,9-18)13(16)19/h3-4,6-7,10,12H,5,8-9,15H2,1-2H3,(H2,16,19). The first-order valence-corrected chi connectivity index (χ1v) is 6.63. The fourth-order valence-electron chi connectivity index (χ4n) is 2.84. The normalized spacial score (nSPS) is 27.1. The summed E-state index contributed by atoms with van der Waals surface area (Å²) in [6.07, 6.45) is 4.33. The molecule has 2 rings (SSSR count). The van der Waals surface area contributed by atoms with Gasteiger partial charge in [-0.05, 0) is 44.5 Å². The number of amides is 1. The second-order valence-corrected chi connectivity index (χ2v) is 5.73. The Hall–Kier alpha value is -1.46. The Morgan fingerprint density at radius 1 is 1.47 bits per heavy atom. The summed E-state index contributed by atoms with van der Waals surface area (Å²) in [5.74, 6) is -0.229. The fraction of sp³-hybridized carbons (Fsp3) is 0.571. The maximum atomic E-state index is 11.6. The summed E-state index contributed by atoms with van der Waals surface area (Å²) < 4.78 is 0. The van der Waals surface area contributed by atoms with Crippen LogP contribution >= 0.6 is 0 Å². The highest BCUT2D eigenvalue weighted by molar-refractivity contribution is 5.81. The second-order valence-electron chi connectivity index (χ2n) is 5.73. The van der Waals surface area contributed by atoms with Gasteiger partial charge in [-0.15, -0.1) is 0 Å². The topological polar surface area (TPSA) is 85.2 Å². The Morgan fingerprint density at radius 2 is 2.11 bits per heavy atom. The predicted molar refractivity (Wildman–Crippen MR) is 74.1 cm³/mol. The van der Waals surface area contributed by atoms with Crippen molar-refractivity contribution in [2.24, 2.45) is 16.9 Å². The van der Waals surface area contributed by atoms with E-state index < -0.39 is 5.41 Å². The number of hydrogen-bond donors (Lipinski definition) is 2. The van der Waals surface area contributed by atoms with E-state index in [1.165, 1.54) is 0 Å². The molecule has 5 nitrogen and oxygen atoms in total. The molecular formula is C14H22N4O. The first-order valence-electron chi connectivity index (χ1n) is 6.63. The van der Waals surface area contributed by atoms with Crippen molar-refractivity contribution in [1.29, 1.82) is 0 Å². The summed E-state index contributed by atoms with van der Waals surface area (Å²) in [5, 5.41) is 0. The van der Waals surface area contributed by atoms with Crippen LogP contribution in [0, 0.1) is 5.41 Å². The van der Waals surface area contributed by atoms with E-state index >= 15 is 0 Å². The minimum absolute atomic E-state index is 0.0161. The van der Waals surface area contributed by atoms with Gasteiger partial charge in [0.05, 0.1) is 5.41 Å². The number of hydrogen-bond acceptors (Lipinski definition) is 4. The highest BCUT2D eigenvalue weighted by Gasteiger charge is 2.42. The number of aromatic nitrogens is 1. The van der Waals surface area contributed by atoms with Gasteiger partial charge in [0.15, 0.2) is 0 Å². The average molecular weight is 262 g/mol. The minimum atomic E-state index is -0.444. The van der Waals surface area contributed by atoms with E-state index in [0.29, 0.717) is 6.54 Å². The van der Waals surface area contributed by atoms with Gasteiger partial charge in [-0.3, -0.25) is 14.7 Å². The molecule has 3 atom stereocenters. The minimum Gasteiger partial charge on any atom is -0.369 e. The van der Waals surface area contributed by atoms with Gasteiger partial charge in [0.2, 0.25) is 5.91 Å². The van der Waals surface area contributed by atoms with Crippen LogP contribution in [0.5, 0.6) is 0 Å². The van der Waals surface area contributed by atoms with Crippen molar-refractivity contribution in [3.05, 3.63) is 30.1 Å². The van der Waals surface area contributed by atoms with Crippen LogP contribution in [0.25, 0.3) is 0 Å². The first-order chi connectivity index (χ1) is 8.94. The Morgan fingerprint density at radius 3 is 2.58 bits per heavy atom. The number of pyridine rings is 1. The third-order valence-electron chi connectivity index (χ3n) is 4.04. The molecule has 3 unspecified atom stereocenters. The molecule has 1 aromatic heterocycles. The number of rotatable bonds is 4. The van der Waals surface area contributed by atoms with E-state index in [0.717, 1.165) is 18.5 Å². The number of primary amides is 1. The monoisotopic (exact) mass is 262 g/mol. The highest BCUT2D eigenvalue weighted by atomic mass is 16.1. The molecule has 1 amide bonds. The van der Waals surface area contributed by atoms with Crippen molar-refractivity contribution >= 4 is 5.91 Å². The van der Waals surface area contributed by atoms with E-state index in [2.05, 4.69) is 9.88 Å². The zero-order chi connectivity index (χ0) is 14.0. The molecule has 1 fully saturated rings. The van der Waals surface area contributed by atoms with Gasteiger partial charge in [-0.1, -0.05) is 0 Å². The van der Waals surface area contributed by atoms with Gasteiger partial charge in [0, 0.05) is 31.0 Å². The lowest BCUT2D eigenvalue weighted by Crippen LogP contribution is -2.42. The maximum Gasteiger partial charge on any atom is 0.224 e. The molecule has 5 heteroatoms. The van der Waals surface area contributed by atoms with Crippen molar-refractivity contribution < 1.29 is 4.79 Å². The van der Waals surface area contributed by atoms with E-state index in [1.54, 1.807) is 12.4 Å². The van der Waals surface area contributed by atoms with Crippen molar-refractivity contribution in [1.82, 2.24) is 9.88 Å². The van der Waals surface area contributed by atoms with Crippen LogP contribution in [0.4, 0.5) is 0 Å². The number of nitrogens with two attached hydrogens (primary N) is 2. The lowest BCUT2D eigenvalue weighted by Gasteiger charge is -2.32. The van der Waals surface area contributed by atoms with Gasteiger partial charge in [0.25, 0.3) is 0 Å². The van der Waals surface area contributed by atoms with Gasteiger partial charge in [-0.25, -0.2) is 0 Å².